The van der Waals surface area contributed by atoms with Gasteiger partial charge in [0.25, 0.3) is 0 Å². The molecule has 0 radical (unpaired) electrons. The second-order valence-electron chi connectivity index (χ2n) is 6.64. The van der Waals surface area contributed by atoms with E-state index in [9.17, 15) is 0 Å². The Morgan fingerprint density at radius 3 is 2.70 bits per heavy atom. The van der Waals surface area contributed by atoms with Gasteiger partial charge in [-0.05, 0) is 62.9 Å². The molecule has 0 aromatic rings. The van der Waals surface area contributed by atoms with Gasteiger partial charge in [0, 0.05) is 19.1 Å². The number of likely N-dealkylation sites (tertiary alicyclic amines) is 1. The zero-order valence-corrected chi connectivity index (χ0v) is 14.9. The molecule has 1 aliphatic heterocycles. The molecule has 0 aromatic heterocycles. The van der Waals surface area contributed by atoms with E-state index in [0.717, 1.165) is 25.6 Å². The molecule has 2 saturated carbocycles. The van der Waals surface area contributed by atoms with E-state index in [-0.39, 0.29) is 24.0 Å². The van der Waals surface area contributed by atoms with Crippen molar-refractivity contribution in [3.63, 3.8) is 0 Å². The topological polar surface area (TPSA) is 53.6 Å². The fourth-order valence-electron chi connectivity index (χ4n) is 3.62. The van der Waals surface area contributed by atoms with Crippen molar-refractivity contribution in [2.24, 2.45) is 22.1 Å². The van der Waals surface area contributed by atoms with Gasteiger partial charge in [0.15, 0.2) is 5.96 Å². The maximum atomic E-state index is 6.01. The van der Waals surface area contributed by atoms with Gasteiger partial charge in [-0.15, -0.1) is 24.0 Å². The van der Waals surface area contributed by atoms with Gasteiger partial charge in [0.05, 0.1) is 0 Å². The van der Waals surface area contributed by atoms with E-state index in [1.54, 1.807) is 0 Å². The second-order valence-corrected chi connectivity index (χ2v) is 6.64. The van der Waals surface area contributed by atoms with E-state index in [4.69, 9.17) is 5.73 Å². The summed E-state index contributed by atoms with van der Waals surface area (Å²) in [5.41, 5.74) is 6.58. The van der Waals surface area contributed by atoms with Crippen LogP contribution in [0.3, 0.4) is 0 Å². The fourth-order valence-corrected chi connectivity index (χ4v) is 3.62. The number of hydrogen-bond acceptors (Lipinski definition) is 2. The number of likely N-dealkylation sites (N-methyl/N-ethyl adjacent to an activating group) is 1. The molecular weight excluding hydrogens is 363 g/mol. The standard InChI is InChI=1S/C15H28N4.HI/c1-2-19-9-3-4-13(19)10-17-14(16)18-11-15(7-8-15)12-5-6-12;/h12-13H,2-11H2,1H3,(H3,16,17,18);1H. The van der Waals surface area contributed by atoms with Crippen LogP contribution < -0.4 is 11.1 Å². The molecule has 1 atom stereocenters. The Bertz CT molecular complexity index is 350. The van der Waals surface area contributed by atoms with Gasteiger partial charge in [-0.2, -0.15) is 0 Å². The average molecular weight is 392 g/mol. The van der Waals surface area contributed by atoms with Crippen LogP contribution in [-0.4, -0.2) is 43.1 Å². The number of guanidine groups is 1. The highest BCUT2D eigenvalue weighted by Gasteiger charge is 2.53. The molecular formula is C15H29IN4. The third-order valence-electron chi connectivity index (χ3n) is 5.32. The summed E-state index contributed by atoms with van der Waals surface area (Å²) in [5.74, 6) is 1.63. The summed E-state index contributed by atoms with van der Waals surface area (Å²) in [7, 11) is 0. The normalized spacial score (nSPS) is 29.1. The first-order valence-electron chi connectivity index (χ1n) is 8.01. The van der Waals surface area contributed by atoms with Crippen LogP contribution in [0.5, 0.6) is 0 Å². The zero-order chi connectivity index (χ0) is 13.3. The molecule has 3 N–H and O–H groups in total. The molecule has 0 spiro atoms. The molecule has 1 unspecified atom stereocenters. The largest absolute Gasteiger partial charge is 0.370 e. The van der Waals surface area contributed by atoms with Gasteiger partial charge in [-0.1, -0.05) is 6.92 Å². The van der Waals surface area contributed by atoms with E-state index < -0.39 is 0 Å². The van der Waals surface area contributed by atoms with E-state index in [1.807, 2.05) is 0 Å². The van der Waals surface area contributed by atoms with Crippen LogP contribution in [-0.2, 0) is 0 Å². The lowest BCUT2D eigenvalue weighted by Crippen LogP contribution is -2.43. The highest BCUT2D eigenvalue weighted by molar-refractivity contribution is 14.0. The molecule has 3 fully saturated rings. The SMILES string of the molecule is CCN1CCCC1CNC(N)=NCC1(C2CC2)CC1.I. The summed E-state index contributed by atoms with van der Waals surface area (Å²) in [6, 6.07) is 0.650. The van der Waals surface area contributed by atoms with Crippen LogP contribution in [0.15, 0.2) is 4.99 Å². The monoisotopic (exact) mass is 392 g/mol. The Balaban J connectivity index is 0.00000147. The van der Waals surface area contributed by atoms with E-state index in [0.29, 0.717) is 17.4 Å². The van der Waals surface area contributed by atoms with Crippen LogP contribution in [0.2, 0.25) is 0 Å². The van der Waals surface area contributed by atoms with Crippen molar-refractivity contribution in [1.29, 1.82) is 0 Å². The number of nitrogens with one attached hydrogen (secondary N) is 1. The Labute approximate surface area is 140 Å². The van der Waals surface area contributed by atoms with Gasteiger partial charge in [0.1, 0.15) is 0 Å². The first-order valence-corrected chi connectivity index (χ1v) is 8.01. The minimum absolute atomic E-state index is 0. The lowest BCUT2D eigenvalue weighted by molar-refractivity contribution is 0.267. The molecule has 116 valence electrons. The highest BCUT2D eigenvalue weighted by Crippen LogP contribution is 2.61. The molecule has 1 heterocycles. The third-order valence-corrected chi connectivity index (χ3v) is 5.32. The van der Waals surface area contributed by atoms with E-state index >= 15 is 0 Å². The number of halogens is 1. The maximum Gasteiger partial charge on any atom is 0.188 e. The number of rotatable bonds is 6. The summed E-state index contributed by atoms with van der Waals surface area (Å²) in [6.07, 6.45) is 8.22. The average Bonchev–Trinajstić information content (AvgIpc) is 3.31. The van der Waals surface area contributed by atoms with E-state index in [1.165, 1.54) is 45.1 Å². The lowest BCUT2D eigenvalue weighted by Gasteiger charge is -2.23. The van der Waals surface area contributed by atoms with E-state index in [2.05, 4.69) is 22.1 Å². The first kappa shape index (κ1) is 16.3. The summed E-state index contributed by atoms with van der Waals surface area (Å²) in [4.78, 5) is 7.13. The summed E-state index contributed by atoms with van der Waals surface area (Å²) >= 11 is 0. The van der Waals surface area contributed by atoms with Gasteiger partial charge < -0.3 is 11.1 Å². The second kappa shape index (κ2) is 6.81. The Morgan fingerprint density at radius 2 is 2.10 bits per heavy atom. The van der Waals surface area contributed by atoms with Gasteiger partial charge in [-0.3, -0.25) is 9.89 Å². The zero-order valence-electron chi connectivity index (χ0n) is 12.6. The Morgan fingerprint density at radius 1 is 1.35 bits per heavy atom. The van der Waals surface area contributed by atoms with Crippen LogP contribution in [0.4, 0.5) is 0 Å². The lowest BCUT2D eigenvalue weighted by atomic mass is 10.0. The fraction of sp³-hybridized carbons (Fsp3) is 0.933. The van der Waals surface area contributed by atoms with Crippen molar-refractivity contribution in [2.75, 3.05) is 26.2 Å². The molecule has 3 rings (SSSR count). The summed E-state index contributed by atoms with van der Waals surface area (Å²) in [5, 5.41) is 3.33. The van der Waals surface area contributed by atoms with Crippen molar-refractivity contribution in [3.05, 3.63) is 0 Å². The smallest absolute Gasteiger partial charge is 0.188 e. The van der Waals surface area contributed by atoms with Gasteiger partial charge in [0.2, 0.25) is 0 Å². The molecule has 2 aliphatic carbocycles. The minimum Gasteiger partial charge on any atom is -0.370 e. The predicted octanol–water partition coefficient (Wildman–Crippen LogP) is 2.18. The van der Waals surface area contributed by atoms with Crippen molar-refractivity contribution in [3.8, 4) is 0 Å². The Hall–Kier alpha value is -0.0400. The molecule has 0 amide bonds. The molecule has 4 nitrogen and oxygen atoms in total. The van der Waals surface area contributed by atoms with Crippen molar-refractivity contribution < 1.29 is 0 Å². The molecule has 1 saturated heterocycles. The molecule has 3 aliphatic rings. The minimum atomic E-state index is 0. The quantitative estimate of drug-likeness (QED) is 0.414. The predicted molar refractivity (Wildman–Crippen MR) is 94.6 cm³/mol. The Kier molecular flexibility index (Phi) is 5.56. The van der Waals surface area contributed by atoms with Crippen molar-refractivity contribution in [2.45, 2.75) is 51.5 Å². The van der Waals surface area contributed by atoms with Crippen LogP contribution in [0, 0.1) is 11.3 Å². The molecule has 20 heavy (non-hydrogen) atoms. The van der Waals surface area contributed by atoms with Gasteiger partial charge >= 0.3 is 0 Å². The number of hydrogen-bond donors (Lipinski definition) is 2. The molecule has 5 heteroatoms. The van der Waals surface area contributed by atoms with Crippen LogP contribution in [0.25, 0.3) is 0 Å². The first-order chi connectivity index (χ1) is 9.23. The number of nitrogens with zero attached hydrogens (tertiary/aromatic N) is 2. The number of aliphatic imine (C=N–C) groups is 1. The summed E-state index contributed by atoms with van der Waals surface area (Å²) in [6.45, 7) is 6.54. The summed E-state index contributed by atoms with van der Waals surface area (Å²) < 4.78 is 0. The van der Waals surface area contributed by atoms with Gasteiger partial charge in [-0.25, -0.2) is 0 Å². The molecule has 0 aromatic carbocycles. The van der Waals surface area contributed by atoms with Crippen molar-refractivity contribution >= 4 is 29.9 Å². The van der Waals surface area contributed by atoms with Crippen molar-refractivity contribution in [1.82, 2.24) is 10.2 Å². The third kappa shape index (κ3) is 3.78. The van der Waals surface area contributed by atoms with Crippen LogP contribution >= 0.6 is 24.0 Å². The highest BCUT2D eigenvalue weighted by atomic mass is 127. The maximum absolute atomic E-state index is 6.01. The number of nitrogens with two attached hydrogens (primary N) is 1. The van der Waals surface area contributed by atoms with Crippen LogP contribution in [0.1, 0.15) is 45.4 Å². The molecule has 0 bridgehead atoms.